The summed E-state index contributed by atoms with van der Waals surface area (Å²) in [4.78, 5) is 12.1. The van der Waals surface area contributed by atoms with Crippen molar-refractivity contribution in [3.63, 3.8) is 0 Å². The number of carbonyl (C=O) groups excluding carboxylic acids is 1. The summed E-state index contributed by atoms with van der Waals surface area (Å²) in [5, 5.41) is 13.9. The third-order valence-electron chi connectivity index (χ3n) is 4.02. The van der Waals surface area contributed by atoms with Crippen molar-refractivity contribution >= 4 is 16.9 Å². The van der Waals surface area contributed by atoms with Gasteiger partial charge in [0.1, 0.15) is 16.9 Å². The Hall–Kier alpha value is -2.80. The lowest BCUT2D eigenvalue weighted by Gasteiger charge is -2.21. The van der Waals surface area contributed by atoms with Gasteiger partial charge in [-0.3, -0.25) is 4.79 Å². The number of aliphatic hydroxyl groups is 1. The Balaban J connectivity index is 1.69. The first-order valence-electron chi connectivity index (χ1n) is 7.84. The van der Waals surface area contributed by atoms with Crippen LogP contribution in [0.2, 0.25) is 0 Å². The lowest BCUT2D eigenvalue weighted by atomic mass is 10.0. The number of carbonyl (C=O) groups is 1. The average molecular weight is 363 g/mol. The minimum atomic E-state index is -4.46. The number of furan rings is 1. The number of hydrogen-bond donors (Lipinski definition) is 2. The van der Waals surface area contributed by atoms with Gasteiger partial charge in [-0.1, -0.05) is 18.2 Å². The molecule has 2 aromatic carbocycles. The van der Waals surface area contributed by atoms with E-state index in [9.17, 15) is 23.1 Å². The Morgan fingerprint density at radius 2 is 1.77 bits per heavy atom. The van der Waals surface area contributed by atoms with Crippen LogP contribution >= 0.6 is 0 Å². The van der Waals surface area contributed by atoms with Gasteiger partial charge in [-0.2, -0.15) is 13.2 Å². The van der Waals surface area contributed by atoms with Crippen molar-refractivity contribution < 1.29 is 27.5 Å². The van der Waals surface area contributed by atoms with Crippen molar-refractivity contribution in [3.05, 3.63) is 71.5 Å². The minimum absolute atomic E-state index is 0.0680. The zero-order chi connectivity index (χ0) is 18.9. The summed E-state index contributed by atoms with van der Waals surface area (Å²) in [7, 11) is 0. The first kappa shape index (κ1) is 18.0. The van der Waals surface area contributed by atoms with Gasteiger partial charge in [0.15, 0.2) is 0 Å². The van der Waals surface area contributed by atoms with Crippen molar-refractivity contribution in [2.75, 3.05) is 6.54 Å². The molecule has 0 aliphatic carbocycles. The van der Waals surface area contributed by atoms with Gasteiger partial charge in [0.25, 0.3) is 5.91 Å². The van der Waals surface area contributed by atoms with Crippen LogP contribution in [0.25, 0.3) is 11.0 Å². The van der Waals surface area contributed by atoms with Gasteiger partial charge < -0.3 is 14.8 Å². The van der Waals surface area contributed by atoms with Crippen LogP contribution in [0.4, 0.5) is 13.2 Å². The fraction of sp³-hybridized carbons (Fsp3) is 0.211. The maximum Gasteiger partial charge on any atom is 0.416 e. The summed E-state index contributed by atoms with van der Waals surface area (Å²) in [5.41, 5.74) is -1.63. The first-order valence-corrected chi connectivity index (χ1v) is 7.84. The smallest absolute Gasteiger partial charge is 0.416 e. The molecule has 4 nitrogen and oxygen atoms in total. The molecule has 0 fully saturated rings. The van der Waals surface area contributed by atoms with Crippen molar-refractivity contribution in [1.29, 1.82) is 0 Å². The van der Waals surface area contributed by atoms with Crippen LogP contribution < -0.4 is 5.32 Å². The Labute approximate surface area is 147 Å². The molecule has 1 unspecified atom stereocenters. The molecule has 0 spiro atoms. The fourth-order valence-corrected chi connectivity index (χ4v) is 2.50. The molecular formula is C19H16F3NO3. The molecule has 0 saturated heterocycles. The molecule has 1 amide bonds. The Kier molecular flexibility index (Phi) is 4.50. The van der Waals surface area contributed by atoms with E-state index in [0.717, 1.165) is 29.7 Å². The first-order chi connectivity index (χ1) is 12.2. The van der Waals surface area contributed by atoms with E-state index >= 15 is 0 Å². The summed E-state index contributed by atoms with van der Waals surface area (Å²) in [6.45, 7) is 1.32. The zero-order valence-corrected chi connectivity index (χ0v) is 13.8. The number of fused-ring (bicyclic) bond motifs is 1. The number of nitrogens with one attached hydrogen (secondary N) is 1. The molecular weight excluding hydrogens is 347 g/mol. The fourth-order valence-electron chi connectivity index (χ4n) is 2.50. The van der Waals surface area contributed by atoms with E-state index in [1.165, 1.54) is 6.92 Å². The van der Waals surface area contributed by atoms with Gasteiger partial charge in [0.05, 0.1) is 12.1 Å². The van der Waals surface area contributed by atoms with Crippen LogP contribution in [0.3, 0.4) is 0 Å². The van der Waals surface area contributed by atoms with E-state index in [1.807, 2.05) is 12.1 Å². The van der Waals surface area contributed by atoms with Crippen molar-refractivity contribution in [2.45, 2.75) is 18.7 Å². The molecule has 3 aromatic rings. The predicted octanol–water partition coefficient (Wildman–Crippen LogP) is 4.09. The zero-order valence-electron chi connectivity index (χ0n) is 13.8. The van der Waals surface area contributed by atoms with E-state index in [0.29, 0.717) is 5.58 Å². The maximum absolute atomic E-state index is 12.6. The Morgan fingerprint density at radius 1 is 1.12 bits per heavy atom. The molecule has 0 aliphatic rings. The third-order valence-corrected chi connectivity index (χ3v) is 4.02. The molecule has 136 valence electrons. The van der Waals surface area contributed by atoms with E-state index in [4.69, 9.17) is 4.42 Å². The van der Waals surface area contributed by atoms with Crippen LogP contribution in [0.15, 0.2) is 59.0 Å². The predicted molar refractivity (Wildman–Crippen MR) is 89.6 cm³/mol. The van der Waals surface area contributed by atoms with Crippen molar-refractivity contribution in [3.8, 4) is 0 Å². The van der Waals surface area contributed by atoms with Crippen LogP contribution in [0.5, 0.6) is 0 Å². The van der Waals surface area contributed by atoms with E-state index < -0.39 is 23.2 Å². The molecule has 3 rings (SSSR count). The summed E-state index contributed by atoms with van der Waals surface area (Å²) in [6.07, 6.45) is -4.46. The minimum Gasteiger partial charge on any atom is -0.458 e. The molecule has 0 bridgehead atoms. The number of halogens is 3. The van der Waals surface area contributed by atoms with Gasteiger partial charge in [0.2, 0.25) is 0 Å². The Bertz CT molecular complexity index is 894. The van der Waals surface area contributed by atoms with E-state index in [-0.39, 0.29) is 17.9 Å². The summed E-state index contributed by atoms with van der Waals surface area (Å²) in [6, 6.07) is 12.8. The SMILES string of the molecule is CC(O)(CNC(=O)c1ccc(C(F)(F)F)cc1)c1cc2ccccc2o1. The highest BCUT2D eigenvalue weighted by atomic mass is 19.4. The second-order valence-corrected chi connectivity index (χ2v) is 6.18. The number of rotatable bonds is 4. The van der Waals surface area contributed by atoms with Crippen molar-refractivity contribution in [1.82, 2.24) is 5.32 Å². The topological polar surface area (TPSA) is 62.5 Å². The normalized spacial score (nSPS) is 14.2. The second-order valence-electron chi connectivity index (χ2n) is 6.18. The molecule has 1 heterocycles. The lowest BCUT2D eigenvalue weighted by Crippen LogP contribution is -2.38. The third kappa shape index (κ3) is 3.72. The van der Waals surface area contributed by atoms with Gasteiger partial charge in [0, 0.05) is 10.9 Å². The van der Waals surface area contributed by atoms with Gasteiger partial charge in [-0.15, -0.1) is 0 Å². The van der Waals surface area contributed by atoms with Crippen LogP contribution in [0, 0.1) is 0 Å². The standard InChI is InChI=1S/C19H16F3NO3/c1-18(25,16-10-13-4-2-3-5-15(13)26-16)11-23-17(24)12-6-8-14(9-7-12)19(20,21)22/h2-10,25H,11H2,1H3,(H,23,24). The number of hydrogen-bond acceptors (Lipinski definition) is 3. The van der Waals surface area contributed by atoms with E-state index in [2.05, 4.69) is 5.32 Å². The number of alkyl halides is 3. The highest BCUT2D eigenvalue weighted by Gasteiger charge is 2.31. The molecule has 0 aliphatic heterocycles. The van der Waals surface area contributed by atoms with Crippen molar-refractivity contribution in [2.24, 2.45) is 0 Å². The highest BCUT2D eigenvalue weighted by molar-refractivity contribution is 5.94. The quantitative estimate of drug-likeness (QED) is 0.734. The number of amides is 1. The monoisotopic (exact) mass is 363 g/mol. The highest BCUT2D eigenvalue weighted by Crippen LogP contribution is 2.29. The molecule has 0 radical (unpaired) electrons. The molecule has 26 heavy (non-hydrogen) atoms. The Morgan fingerprint density at radius 3 is 2.38 bits per heavy atom. The van der Waals surface area contributed by atoms with Crippen LogP contribution in [0.1, 0.15) is 28.6 Å². The van der Waals surface area contributed by atoms with Gasteiger partial charge in [-0.05, 0) is 43.3 Å². The molecule has 1 aromatic heterocycles. The second kappa shape index (κ2) is 6.49. The number of benzene rings is 2. The summed E-state index contributed by atoms with van der Waals surface area (Å²) >= 11 is 0. The van der Waals surface area contributed by atoms with Crippen LogP contribution in [-0.2, 0) is 11.8 Å². The molecule has 0 saturated carbocycles. The maximum atomic E-state index is 12.6. The summed E-state index contributed by atoms with van der Waals surface area (Å²) < 4.78 is 43.3. The number of para-hydroxylation sites is 1. The van der Waals surface area contributed by atoms with Gasteiger partial charge >= 0.3 is 6.18 Å². The lowest BCUT2D eigenvalue weighted by molar-refractivity contribution is -0.137. The van der Waals surface area contributed by atoms with Crippen LogP contribution in [-0.4, -0.2) is 17.6 Å². The largest absolute Gasteiger partial charge is 0.458 e. The van der Waals surface area contributed by atoms with E-state index in [1.54, 1.807) is 18.2 Å². The van der Waals surface area contributed by atoms with Gasteiger partial charge in [-0.25, -0.2) is 0 Å². The molecule has 7 heteroatoms. The molecule has 1 atom stereocenters. The molecule has 2 N–H and O–H groups in total. The average Bonchev–Trinajstić information content (AvgIpc) is 3.04. The summed E-state index contributed by atoms with van der Waals surface area (Å²) in [5.74, 6) is -0.304.